The Labute approximate surface area is 172 Å². The number of rotatable bonds is 6. The average Bonchev–Trinajstić information content (AvgIpc) is 3.15. The van der Waals surface area contributed by atoms with Crippen molar-refractivity contribution < 1.29 is 43.0 Å². The molecule has 0 unspecified atom stereocenters. The van der Waals surface area contributed by atoms with Crippen LogP contribution in [0.25, 0.3) is 11.2 Å². The molecule has 2 atom stereocenters. The van der Waals surface area contributed by atoms with E-state index in [0.717, 1.165) is 4.90 Å². The Balaban J connectivity index is 1.95. The van der Waals surface area contributed by atoms with Crippen LogP contribution in [-0.4, -0.2) is 87.4 Å². The molecule has 1 aliphatic rings. The number of H-pyrrole nitrogens is 1. The maximum Gasteiger partial charge on any atom is 0.336 e. The SMILES string of the molecule is Nc1nc2c(ncn2[C@@H]2CN(C(=O)CP(=O)(O)O)C[C@H]2OC(=O)CP(=O)(O)O)c(=O)[nH]1. The maximum atomic E-state index is 12.3. The van der Waals surface area contributed by atoms with Gasteiger partial charge < -0.3 is 39.5 Å². The van der Waals surface area contributed by atoms with E-state index < -0.39 is 57.1 Å². The number of nitrogens with two attached hydrogens (primary N) is 1. The molecule has 0 saturated carbocycles. The van der Waals surface area contributed by atoms with Crippen molar-refractivity contribution in [2.75, 3.05) is 31.1 Å². The van der Waals surface area contributed by atoms with Gasteiger partial charge in [-0.2, -0.15) is 4.98 Å². The smallest absolute Gasteiger partial charge is 0.336 e. The van der Waals surface area contributed by atoms with Crippen LogP contribution >= 0.6 is 15.2 Å². The van der Waals surface area contributed by atoms with Crippen molar-refractivity contribution in [2.45, 2.75) is 12.1 Å². The molecule has 1 amide bonds. The second-order valence-electron chi connectivity index (χ2n) is 6.82. The molecule has 0 bridgehead atoms. The highest BCUT2D eigenvalue weighted by atomic mass is 31.2. The number of nitrogens with zero attached hydrogens (tertiary/aromatic N) is 4. The molecule has 2 aromatic rings. The third kappa shape index (κ3) is 5.55. The summed E-state index contributed by atoms with van der Waals surface area (Å²) in [7, 11) is -9.40. The fourth-order valence-electron chi connectivity index (χ4n) is 3.18. The quantitative estimate of drug-likeness (QED) is 0.183. The summed E-state index contributed by atoms with van der Waals surface area (Å²) in [6.07, 6.45) is -2.29. The normalized spacial score (nSPS) is 19.7. The molecule has 0 aromatic carbocycles. The van der Waals surface area contributed by atoms with Gasteiger partial charge in [0.1, 0.15) is 18.4 Å². The summed E-state index contributed by atoms with van der Waals surface area (Å²) >= 11 is 0. The van der Waals surface area contributed by atoms with Crippen LogP contribution in [0.15, 0.2) is 11.1 Å². The molecule has 0 aliphatic carbocycles. The van der Waals surface area contributed by atoms with Crippen molar-refractivity contribution in [1.29, 1.82) is 0 Å². The van der Waals surface area contributed by atoms with Gasteiger partial charge in [-0.05, 0) is 0 Å². The van der Waals surface area contributed by atoms with Gasteiger partial charge in [0.05, 0.1) is 18.9 Å². The first-order valence-corrected chi connectivity index (χ1v) is 12.1. The largest absolute Gasteiger partial charge is 0.458 e. The molecular formula is C13H18N6O10P2. The first kappa shape index (κ1) is 23.1. The van der Waals surface area contributed by atoms with Crippen LogP contribution in [0.2, 0.25) is 0 Å². The summed E-state index contributed by atoms with van der Waals surface area (Å²) in [5.74, 6) is -2.41. The van der Waals surface area contributed by atoms with Crippen molar-refractivity contribution in [3.63, 3.8) is 0 Å². The number of imidazole rings is 1. The molecule has 2 aromatic heterocycles. The van der Waals surface area contributed by atoms with Crippen molar-refractivity contribution in [1.82, 2.24) is 24.4 Å². The lowest BCUT2D eigenvalue weighted by atomic mass is 10.2. The molecule has 0 spiro atoms. The van der Waals surface area contributed by atoms with Crippen LogP contribution in [-0.2, 0) is 23.5 Å². The van der Waals surface area contributed by atoms with Gasteiger partial charge in [-0.25, -0.2) is 4.98 Å². The first-order valence-electron chi connectivity index (χ1n) is 8.52. The van der Waals surface area contributed by atoms with Crippen LogP contribution in [0, 0.1) is 0 Å². The fourth-order valence-corrected chi connectivity index (χ4v) is 4.14. The van der Waals surface area contributed by atoms with E-state index in [1.807, 2.05) is 0 Å². The summed E-state index contributed by atoms with van der Waals surface area (Å²) in [4.78, 5) is 83.4. The number of hydrogen-bond donors (Lipinski definition) is 6. The molecule has 16 nitrogen and oxygen atoms in total. The van der Waals surface area contributed by atoms with Crippen LogP contribution in [0.3, 0.4) is 0 Å². The van der Waals surface area contributed by atoms with E-state index in [9.17, 15) is 23.5 Å². The predicted molar refractivity (Wildman–Crippen MR) is 102 cm³/mol. The number of carbonyl (C=O) groups is 2. The lowest BCUT2D eigenvalue weighted by molar-refractivity contribution is -0.147. The lowest BCUT2D eigenvalue weighted by Crippen LogP contribution is -2.33. The van der Waals surface area contributed by atoms with Gasteiger partial charge >= 0.3 is 21.2 Å². The zero-order chi connectivity index (χ0) is 23.1. The highest BCUT2D eigenvalue weighted by Gasteiger charge is 2.41. The first-order chi connectivity index (χ1) is 14.2. The van der Waals surface area contributed by atoms with Crippen LogP contribution in [0.4, 0.5) is 5.95 Å². The molecule has 3 heterocycles. The Morgan fingerprint density at radius 3 is 2.45 bits per heavy atom. The molecular weight excluding hydrogens is 462 g/mol. The number of nitrogens with one attached hydrogen (secondary N) is 1. The highest BCUT2D eigenvalue weighted by molar-refractivity contribution is 7.53. The third-order valence-corrected chi connectivity index (χ3v) is 5.71. The predicted octanol–water partition coefficient (Wildman–Crippen LogP) is -2.65. The van der Waals surface area contributed by atoms with Gasteiger partial charge in [-0.3, -0.25) is 28.5 Å². The summed E-state index contributed by atoms with van der Waals surface area (Å²) in [5, 5.41) is 0. The summed E-state index contributed by atoms with van der Waals surface area (Å²) in [5.41, 5.74) is 4.79. The monoisotopic (exact) mass is 480 g/mol. The number of hydrogen-bond acceptors (Lipinski definition) is 9. The zero-order valence-electron chi connectivity index (χ0n) is 15.6. The topological polar surface area (TPSA) is 251 Å². The van der Waals surface area contributed by atoms with E-state index >= 15 is 0 Å². The lowest BCUT2D eigenvalue weighted by Gasteiger charge is -2.20. The van der Waals surface area contributed by atoms with Crippen LogP contribution in [0.5, 0.6) is 0 Å². The molecule has 1 aliphatic heterocycles. The number of fused-ring (bicyclic) bond motifs is 1. The summed E-state index contributed by atoms with van der Waals surface area (Å²) in [6.45, 7) is -0.540. The standard InChI is InChI=1S/C13H18N6O10P2/c14-13-16-11-10(12(22)17-13)15-5-19(11)6-1-18(8(20)3-30(23,24)25)2-7(6)29-9(21)4-31(26,27)28/h5-7H,1-4H2,(H2,23,24,25)(H2,26,27,28)(H3,14,16,17,22)/t6-,7-/m1/s1. The number of ether oxygens (including phenoxy) is 1. The summed E-state index contributed by atoms with van der Waals surface area (Å²) < 4.78 is 28.7. The van der Waals surface area contributed by atoms with Gasteiger partial charge in [-0.15, -0.1) is 0 Å². The number of aromatic amines is 1. The second-order valence-corrected chi connectivity index (χ2v) is 10.1. The minimum Gasteiger partial charge on any atom is -0.458 e. The fraction of sp³-hybridized carbons (Fsp3) is 0.462. The minimum absolute atomic E-state index is 0.00780. The van der Waals surface area contributed by atoms with E-state index in [0.29, 0.717) is 0 Å². The molecule has 7 N–H and O–H groups in total. The van der Waals surface area contributed by atoms with Crippen LogP contribution in [0.1, 0.15) is 6.04 Å². The maximum absolute atomic E-state index is 12.3. The van der Waals surface area contributed by atoms with E-state index in [4.69, 9.17) is 30.0 Å². The minimum atomic E-state index is -4.72. The number of nitrogen functional groups attached to an aromatic ring is 1. The van der Waals surface area contributed by atoms with E-state index in [1.54, 1.807) is 0 Å². The second kappa shape index (κ2) is 8.15. The Morgan fingerprint density at radius 2 is 1.84 bits per heavy atom. The van der Waals surface area contributed by atoms with Gasteiger partial charge in [0.15, 0.2) is 11.2 Å². The number of amides is 1. The van der Waals surface area contributed by atoms with Gasteiger partial charge in [0.25, 0.3) is 5.56 Å². The third-order valence-electron chi connectivity index (χ3n) is 4.36. The van der Waals surface area contributed by atoms with Crippen molar-refractivity contribution in [3.8, 4) is 0 Å². The number of esters is 1. The van der Waals surface area contributed by atoms with E-state index in [-0.39, 0.29) is 30.2 Å². The zero-order valence-corrected chi connectivity index (χ0v) is 17.3. The van der Waals surface area contributed by atoms with Gasteiger partial charge in [0, 0.05) is 6.54 Å². The average molecular weight is 480 g/mol. The molecule has 18 heteroatoms. The molecule has 1 saturated heterocycles. The van der Waals surface area contributed by atoms with E-state index in [2.05, 4.69) is 15.0 Å². The van der Waals surface area contributed by atoms with Crippen molar-refractivity contribution in [2.24, 2.45) is 0 Å². The molecule has 3 rings (SSSR count). The molecule has 170 valence electrons. The molecule has 1 fully saturated rings. The van der Waals surface area contributed by atoms with Gasteiger partial charge in [-0.1, -0.05) is 0 Å². The molecule has 31 heavy (non-hydrogen) atoms. The van der Waals surface area contributed by atoms with Crippen LogP contribution < -0.4 is 11.3 Å². The number of aromatic nitrogens is 4. The van der Waals surface area contributed by atoms with Crippen molar-refractivity contribution >= 4 is 44.2 Å². The summed E-state index contributed by atoms with van der Waals surface area (Å²) in [6, 6.07) is -0.930. The molecule has 0 radical (unpaired) electrons. The van der Waals surface area contributed by atoms with E-state index in [1.165, 1.54) is 10.9 Å². The Kier molecular flexibility index (Phi) is 6.06. The van der Waals surface area contributed by atoms with Crippen molar-refractivity contribution in [3.05, 3.63) is 16.7 Å². The number of anilines is 1. The number of likely N-dealkylation sites (tertiary alicyclic amines) is 1. The Morgan fingerprint density at radius 1 is 1.19 bits per heavy atom. The highest BCUT2D eigenvalue weighted by Crippen LogP contribution is 2.37. The Bertz CT molecular complexity index is 1180. The Hall–Kier alpha value is -2.61. The number of carbonyl (C=O) groups excluding carboxylic acids is 2. The van der Waals surface area contributed by atoms with Gasteiger partial charge in [0.2, 0.25) is 11.9 Å².